The van der Waals surface area contributed by atoms with Crippen LogP contribution in [0.4, 0.5) is 11.6 Å². The molecule has 0 radical (unpaired) electrons. The quantitative estimate of drug-likeness (QED) is 0.796. The minimum absolute atomic E-state index is 0.478. The topological polar surface area (TPSA) is 44.3 Å². The molecular weight excluding hydrogens is 330 g/mol. The van der Waals surface area contributed by atoms with Crippen molar-refractivity contribution in [2.45, 2.75) is 23.8 Å². The zero-order valence-corrected chi connectivity index (χ0v) is 15.7. The van der Waals surface area contributed by atoms with E-state index >= 15 is 0 Å². The van der Waals surface area contributed by atoms with Gasteiger partial charge in [-0.2, -0.15) is 0 Å². The number of anilines is 2. The van der Waals surface area contributed by atoms with Crippen molar-refractivity contribution in [3.05, 3.63) is 48.8 Å². The zero-order valence-electron chi connectivity index (χ0n) is 14.9. The Morgan fingerprint density at radius 2 is 1.96 bits per heavy atom. The van der Waals surface area contributed by atoms with Crippen LogP contribution in [-0.4, -0.2) is 47.5 Å². The van der Waals surface area contributed by atoms with E-state index in [4.69, 9.17) is 0 Å². The van der Waals surface area contributed by atoms with E-state index in [2.05, 4.69) is 68.4 Å². The lowest BCUT2D eigenvalue weighted by molar-refractivity contribution is 0.338. The van der Waals surface area contributed by atoms with E-state index in [-0.39, 0.29) is 0 Å². The van der Waals surface area contributed by atoms with Crippen molar-refractivity contribution in [2.75, 3.05) is 37.4 Å². The lowest BCUT2D eigenvalue weighted by Crippen LogP contribution is -2.41. The number of aromatic nitrogens is 2. The van der Waals surface area contributed by atoms with Crippen molar-refractivity contribution >= 4 is 29.7 Å². The van der Waals surface area contributed by atoms with Gasteiger partial charge in [-0.15, -0.1) is 0 Å². The van der Waals surface area contributed by atoms with Gasteiger partial charge in [0.25, 0.3) is 0 Å². The largest absolute Gasteiger partial charge is 0.372 e. The number of hydrogen-bond acceptors (Lipinski definition) is 6. The summed E-state index contributed by atoms with van der Waals surface area (Å²) in [5.41, 5.74) is 0.966. The minimum atomic E-state index is 0.478. The minimum Gasteiger partial charge on any atom is -0.372 e. The summed E-state index contributed by atoms with van der Waals surface area (Å²) in [6.07, 6.45) is 5.68. The van der Waals surface area contributed by atoms with Gasteiger partial charge in [0.2, 0.25) is 0 Å². The first-order valence-corrected chi connectivity index (χ1v) is 9.36. The summed E-state index contributed by atoms with van der Waals surface area (Å²) in [4.78, 5) is 12.4. The SMILES string of the molecule is C=Cc1c(NC)ncnc1N(C)C1CCN(Sc2ccccc2)CC1. The van der Waals surface area contributed by atoms with Crippen LogP contribution >= 0.6 is 11.9 Å². The van der Waals surface area contributed by atoms with Crippen molar-refractivity contribution in [1.82, 2.24) is 14.3 Å². The first kappa shape index (κ1) is 17.8. The lowest BCUT2D eigenvalue weighted by atomic mass is 10.0. The third-order valence-corrected chi connectivity index (χ3v) is 5.69. The van der Waals surface area contributed by atoms with Crippen molar-refractivity contribution in [2.24, 2.45) is 0 Å². The highest BCUT2D eigenvalue weighted by molar-refractivity contribution is 7.97. The van der Waals surface area contributed by atoms with Gasteiger partial charge in [-0.25, -0.2) is 14.3 Å². The second-order valence-corrected chi connectivity index (χ2v) is 7.26. The second kappa shape index (κ2) is 8.36. The fourth-order valence-corrected chi connectivity index (χ4v) is 4.15. The van der Waals surface area contributed by atoms with Crippen molar-refractivity contribution in [3.63, 3.8) is 0 Å². The van der Waals surface area contributed by atoms with Gasteiger partial charge in [0.05, 0.1) is 5.56 Å². The first-order chi connectivity index (χ1) is 12.2. The molecule has 0 amide bonds. The molecule has 5 nitrogen and oxygen atoms in total. The highest BCUT2D eigenvalue weighted by Crippen LogP contribution is 2.31. The van der Waals surface area contributed by atoms with E-state index in [1.165, 1.54) is 4.90 Å². The number of nitrogens with zero attached hydrogens (tertiary/aromatic N) is 4. The normalized spacial score (nSPS) is 15.8. The number of piperidine rings is 1. The Kier molecular flexibility index (Phi) is 5.94. The highest BCUT2D eigenvalue weighted by atomic mass is 32.2. The standard InChI is InChI=1S/C19H25N5S/c1-4-17-18(20-2)21-14-22-19(17)23(3)15-10-12-24(13-11-15)25-16-8-6-5-7-9-16/h4-9,14-15H,1,10-13H2,2-3H3,(H,20,21,22). The second-order valence-electron chi connectivity index (χ2n) is 6.09. The van der Waals surface area contributed by atoms with Crippen LogP contribution in [0.1, 0.15) is 18.4 Å². The summed E-state index contributed by atoms with van der Waals surface area (Å²) in [6.45, 7) is 6.07. The van der Waals surface area contributed by atoms with Crippen LogP contribution in [0.3, 0.4) is 0 Å². The average Bonchev–Trinajstić information content (AvgIpc) is 2.68. The van der Waals surface area contributed by atoms with E-state index in [0.29, 0.717) is 6.04 Å². The number of benzene rings is 1. The molecule has 2 aromatic rings. The van der Waals surface area contributed by atoms with Crippen LogP contribution in [0.2, 0.25) is 0 Å². The van der Waals surface area contributed by atoms with Crippen LogP contribution in [0.15, 0.2) is 48.1 Å². The van der Waals surface area contributed by atoms with E-state index in [9.17, 15) is 0 Å². The van der Waals surface area contributed by atoms with Gasteiger partial charge in [-0.05, 0) is 36.9 Å². The predicted octanol–water partition coefficient (Wildman–Crippen LogP) is 3.77. The fourth-order valence-electron chi connectivity index (χ4n) is 3.18. The van der Waals surface area contributed by atoms with Crippen LogP contribution < -0.4 is 10.2 Å². The monoisotopic (exact) mass is 355 g/mol. The molecule has 1 aliphatic rings. The first-order valence-electron chi connectivity index (χ1n) is 8.59. The molecule has 1 N–H and O–H groups in total. The third kappa shape index (κ3) is 4.14. The summed E-state index contributed by atoms with van der Waals surface area (Å²) in [7, 11) is 4.00. The maximum atomic E-state index is 4.50. The van der Waals surface area contributed by atoms with Gasteiger partial charge in [0, 0.05) is 38.1 Å². The molecule has 6 heteroatoms. The van der Waals surface area contributed by atoms with E-state index in [1.54, 1.807) is 6.33 Å². The predicted molar refractivity (Wildman–Crippen MR) is 107 cm³/mol. The number of hydrogen-bond donors (Lipinski definition) is 1. The average molecular weight is 356 g/mol. The third-order valence-electron chi connectivity index (χ3n) is 4.59. The molecule has 0 unspecified atom stereocenters. The van der Waals surface area contributed by atoms with Crippen LogP contribution in [-0.2, 0) is 0 Å². The summed E-state index contributed by atoms with van der Waals surface area (Å²) < 4.78 is 2.45. The fraction of sp³-hybridized carbons (Fsp3) is 0.368. The smallest absolute Gasteiger partial charge is 0.141 e. The molecule has 0 aliphatic carbocycles. The summed E-state index contributed by atoms with van der Waals surface area (Å²) in [5.74, 6) is 1.77. The Balaban J connectivity index is 1.64. The molecular formula is C19H25N5S. The molecule has 0 saturated carbocycles. The van der Waals surface area contributed by atoms with Gasteiger partial charge in [0.1, 0.15) is 18.0 Å². The summed E-state index contributed by atoms with van der Waals surface area (Å²) >= 11 is 1.85. The van der Waals surface area contributed by atoms with Gasteiger partial charge >= 0.3 is 0 Å². The van der Waals surface area contributed by atoms with Crippen LogP contribution in [0, 0.1) is 0 Å². The molecule has 2 heterocycles. The van der Waals surface area contributed by atoms with Crippen LogP contribution in [0.5, 0.6) is 0 Å². The molecule has 1 fully saturated rings. The van der Waals surface area contributed by atoms with E-state index < -0.39 is 0 Å². The number of nitrogens with one attached hydrogen (secondary N) is 1. The lowest BCUT2D eigenvalue weighted by Gasteiger charge is -2.37. The van der Waals surface area contributed by atoms with Crippen molar-refractivity contribution in [1.29, 1.82) is 0 Å². The van der Waals surface area contributed by atoms with E-state index in [1.807, 2.05) is 25.1 Å². The molecule has 1 aliphatic heterocycles. The Morgan fingerprint density at radius 3 is 2.60 bits per heavy atom. The number of rotatable bonds is 6. The molecule has 1 saturated heterocycles. The van der Waals surface area contributed by atoms with Gasteiger partial charge in [0.15, 0.2) is 0 Å². The zero-order chi connectivity index (χ0) is 17.6. The molecule has 3 rings (SSSR count). The maximum absolute atomic E-state index is 4.50. The molecule has 0 atom stereocenters. The molecule has 25 heavy (non-hydrogen) atoms. The molecule has 1 aromatic carbocycles. The Hall–Kier alpha value is -2.05. The van der Waals surface area contributed by atoms with Crippen molar-refractivity contribution in [3.8, 4) is 0 Å². The summed E-state index contributed by atoms with van der Waals surface area (Å²) in [6, 6.07) is 11.1. The Morgan fingerprint density at radius 1 is 1.24 bits per heavy atom. The Labute approximate surface area is 154 Å². The van der Waals surface area contributed by atoms with E-state index in [0.717, 1.165) is 43.1 Å². The van der Waals surface area contributed by atoms with Crippen molar-refractivity contribution < 1.29 is 0 Å². The molecule has 132 valence electrons. The highest BCUT2D eigenvalue weighted by Gasteiger charge is 2.25. The Bertz CT molecular complexity index is 698. The molecule has 0 bridgehead atoms. The molecule has 0 spiro atoms. The van der Waals surface area contributed by atoms with Crippen LogP contribution in [0.25, 0.3) is 6.08 Å². The summed E-state index contributed by atoms with van der Waals surface area (Å²) in [5, 5.41) is 3.12. The van der Waals surface area contributed by atoms with Gasteiger partial charge < -0.3 is 10.2 Å². The van der Waals surface area contributed by atoms with Gasteiger partial charge in [-0.3, -0.25) is 0 Å². The maximum Gasteiger partial charge on any atom is 0.141 e. The molecule has 1 aromatic heterocycles. The van der Waals surface area contributed by atoms with Gasteiger partial charge in [-0.1, -0.05) is 30.9 Å².